The third-order valence-electron chi connectivity index (χ3n) is 2.80. The van der Waals surface area contributed by atoms with E-state index >= 15 is 0 Å². The lowest BCUT2D eigenvalue weighted by molar-refractivity contribution is -0.137. The summed E-state index contributed by atoms with van der Waals surface area (Å²) in [5.74, 6) is 0. The van der Waals surface area contributed by atoms with Crippen molar-refractivity contribution >= 4 is 10.0 Å². The van der Waals surface area contributed by atoms with Crippen molar-refractivity contribution in [2.75, 3.05) is 33.4 Å². The first-order valence-electron chi connectivity index (χ1n) is 6.53. The third kappa shape index (κ3) is 5.80. The molecule has 0 aliphatic rings. The van der Waals surface area contributed by atoms with Crippen LogP contribution in [0.5, 0.6) is 0 Å². The molecule has 0 aromatic heterocycles. The molecule has 0 saturated carbocycles. The van der Waals surface area contributed by atoms with E-state index in [1.807, 2.05) is 0 Å². The number of sulfonamides is 1. The van der Waals surface area contributed by atoms with Gasteiger partial charge in [-0.1, -0.05) is 0 Å². The highest BCUT2D eigenvalue weighted by atomic mass is 32.2. The normalized spacial score (nSPS) is 12.1. The maximum atomic E-state index is 12.7. The molecule has 1 aromatic rings. The van der Waals surface area contributed by atoms with Gasteiger partial charge in [0.2, 0.25) is 10.0 Å². The highest BCUT2D eigenvalue weighted by Gasteiger charge is 2.34. The van der Waals surface area contributed by atoms with Crippen LogP contribution in [-0.2, 0) is 20.9 Å². The van der Waals surface area contributed by atoms with Crippen molar-refractivity contribution in [2.45, 2.75) is 11.1 Å². The number of methoxy groups -OCH3 is 1. The first-order chi connectivity index (χ1) is 10.7. The van der Waals surface area contributed by atoms with Crippen LogP contribution in [0.3, 0.4) is 0 Å². The van der Waals surface area contributed by atoms with E-state index in [0.717, 1.165) is 6.07 Å². The van der Waals surface area contributed by atoms with Crippen LogP contribution >= 0.6 is 0 Å². The predicted molar refractivity (Wildman–Crippen MR) is 76.1 cm³/mol. The van der Waals surface area contributed by atoms with Crippen LogP contribution in [-0.4, -0.2) is 41.8 Å². The molecule has 0 atom stereocenters. The van der Waals surface area contributed by atoms with Gasteiger partial charge in [-0.15, -0.1) is 0 Å². The monoisotopic (exact) mass is 351 g/mol. The Hall–Kier alpha value is -1.67. The van der Waals surface area contributed by atoms with E-state index in [2.05, 4.69) is 10.0 Å². The molecule has 1 rings (SSSR count). The molecule has 2 N–H and O–H groups in total. The second-order valence-corrected chi connectivity index (χ2v) is 6.22. The zero-order valence-electron chi connectivity index (χ0n) is 12.3. The summed E-state index contributed by atoms with van der Waals surface area (Å²) in [6.07, 6.45) is -4.72. The van der Waals surface area contributed by atoms with Gasteiger partial charge in [-0.3, -0.25) is 0 Å². The Morgan fingerprint density at radius 1 is 1.26 bits per heavy atom. The van der Waals surface area contributed by atoms with Gasteiger partial charge >= 0.3 is 6.18 Å². The highest BCUT2D eigenvalue weighted by Crippen LogP contribution is 2.32. The molecular weight excluding hydrogens is 335 g/mol. The molecular formula is C13H16F3N3O3S. The van der Waals surface area contributed by atoms with Gasteiger partial charge < -0.3 is 10.1 Å². The maximum Gasteiger partial charge on any atom is 0.417 e. The lowest BCUT2D eigenvalue weighted by atomic mass is 10.1. The standard InChI is InChI=1S/C13H16F3N3O3S/c1-22-7-6-18-4-5-19-23(20,21)11-2-3-12(13(14,15)16)10(8-11)9-17/h2-3,8,18-19H,4-7H2,1H3. The first-order valence-corrected chi connectivity index (χ1v) is 8.01. The molecule has 1 aromatic carbocycles. The van der Waals surface area contributed by atoms with Crippen molar-refractivity contribution in [3.63, 3.8) is 0 Å². The van der Waals surface area contributed by atoms with Crippen molar-refractivity contribution in [3.05, 3.63) is 29.3 Å². The Morgan fingerprint density at radius 3 is 2.52 bits per heavy atom. The molecule has 0 aliphatic carbocycles. The molecule has 0 amide bonds. The Bertz CT molecular complexity index is 669. The number of alkyl halides is 3. The molecule has 0 radical (unpaired) electrons. The number of nitriles is 1. The minimum Gasteiger partial charge on any atom is -0.383 e. The lowest BCUT2D eigenvalue weighted by Crippen LogP contribution is -2.33. The minimum atomic E-state index is -4.72. The smallest absolute Gasteiger partial charge is 0.383 e. The number of ether oxygens (including phenoxy) is 1. The van der Waals surface area contributed by atoms with E-state index in [9.17, 15) is 21.6 Å². The van der Waals surface area contributed by atoms with E-state index in [1.165, 1.54) is 13.2 Å². The van der Waals surface area contributed by atoms with Crippen LogP contribution in [0.4, 0.5) is 13.2 Å². The SMILES string of the molecule is COCCNCCNS(=O)(=O)c1ccc(C(F)(F)F)c(C#N)c1. The minimum absolute atomic E-state index is 0.0506. The number of halogens is 3. The second-order valence-electron chi connectivity index (χ2n) is 4.46. The van der Waals surface area contributed by atoms with Gasteiger partial charge in [0.25, 0.3) is 0 Å². The zero-order valence-corrected chi connectivity index (χ0v) is 13.1. The molecule has 0 bridgehead atoms. The molecule has 6 nitrogen and oxygen atoms in total. The summed E-state index contributed by atoms with van der Waals surface area (Å²) in [6.45, 7) is 1.39. The molecule has 0 fully saturated rings. The highest BCUT2D eigenvalue weighted by molar-refractivity contribution is 7.89. The average molecular weight is 351 g/mol. The summed E-state index contributed by atoms with van der Waals surface area (Å²) in [7, 11) is -2.46. The Morgan fingerprint density at radius 2 is 1.96 bits per heavy atom. The molecule has 128 valence electrons. The molecule has 0 aliphatic heterocycles. The fourth-order valence-electron chi connectivity index (χ4n) is 1.69. The number of nitrogens with zero attached hydrogens (tertiary/aromatic N) is 1. The van der Waals surface area contributed by atoms with Crippen LogP contribution in [0.2, 0.25) is 0 Å². The van der Waals surface area contributed by atoms with Gasteiger partial charge in [0.15, 0.2) is 0 Å². The number of rotatable bonds is 8. The molecule has 0 saturated heterocycles. The summed E-state index contributed by atoms with van der Waals surface area (Å²) in [5, 5.41) is 11.7. The van der Waals surface area contributed by atoms with Crippen molar-refractivity contribution < 1.29 is 26.3 Å². The molecule has 10 heteroatoms. The van der Waals surface area contributed by atoms with Gasteiger partial charge in [-0.25, -0.2) is 13.1 Å². The fraction of sp³-hybridized carbons (Fsp3) is 0.462. The van der Waals surface area contributed by atoms with E-state index in [4.69, 9.17) is 10.00 Å². The van der Waals surface area contributed by atoms with Gasteiger partial charge in [0.1, 0.15) is 0 Å². The third-order valence-corrected chi connectivity index (χ3v) is 4.26. The Kier molecular flexibility index (Phi) is 6.96. The molecule has 23 heavy (non-hydrogen) atoms. The van der Waals surface area contributed by atoms with Crippen molar-refractivity contribution in [1.29, 1.82) is 5.26 Å². The first kappa shape index (κ1) is 19.4. The molecule has 0 unspecified atom stereocenters. The van der Waals surface area contributed by atoms with Crippen LogP contribution in [0.1, 0.15) is 11.1 Å². The van der Waals surface area contributed by atoms with E-state index < -0.39 is 27.3 Å². The van der Waals surface area contributed by atoms with E-state index in [1.54, 1.807) is 0 Å². The largest absolute Gasteiger partial charge is 0.417 e. The summed E-state index contributed by atoms with van der Waals surface area (Å²) in [4.78, 5) is -0.390. The number of nitrogens with one attached hydrogen (secondary N) is 2. The Balaban J connectivity index is 2.80. The molecule has 0 spiro atoms. The summed E-state index contributed by atoms with van der Waals surface area (Å²) in [6, 6.07) is 3.49. The quantitative estimate of drug-likeness (QED) is 0.684. The Labute approximate surface area is 132 Å². The second kappa shape index (κ2) is 8.26. The lowest BCUT2D eigenvalue weighted by Gasteiger charge is -2.11. The average Bonchev–Trinajstić information content (AvgIpc) is 2.49. The number of hydrogen-bond donors (Lipinski definition) is 2. The van der Waals surface area contributed by atoms with Crippen LogP contribution in [0.15, 0.2) is 23.1 Å². The van der Waals surface area contributed by atoms with Gasteiger partial charge in [0.05, 0.1) is 28.7 Å². The van der Waals surface area contributed by atoms with Gasteiger partial charge in [0, 0.05) is 26.7 Å². The zero-order chi connectivity index (χ0) is 17.5. The fourth-order valence-corrected chi connectivity index (χ4v) is 2.74. The molecule has 0 heterocycles. The van der Waals surface area contributed by atoms with E-state index in [0.29, 0.717) is 31.8 Å². The summed E-state index contributed by atoms with van der Waals surface area (Å²) < 4.78 is 69.1. The summed E-state index contributed by atoms with van der Waals surface area (Å²) in [5.41, 5.74) is -1.90. The predicted octanol–water partition coefficient (Wildman–Crippen LogP) is 1.09. The van der Waals surface area contributed by atoms with Crippen LogP contribution in [0, 0.1) is 11.3 Å². The van der Waals surface area contributed by atoms with Crippen LogP contribution in [0.25, 0.3) is 0 Å². The van der Waals surface area contributed by atoms with Crippen molar-refractivity contribution in [1.82, 2.24) is 10.0 Å². The van der Waals surface area contributed by atoms with Gasteiger partial charge in [-0.05, 0) is 18.2 Å². The van der Waals surface area contributed by atoms with Gasteiger partial charge in [-0.2, -0.15) is 18.4 Å². The maximum absolute atomic E-state index is 12.7. The van der Waals surface area contributed by atoms with Crippen molar-refractivity contribution in [3.8, 4) is 6.07 Å². The topological polar surface area (TPSA) is 91.2 Å². The van der Waals surface area contributed by atoms with Crippen LogP contribution < -0.4 is 10.0 Å². The summed E-state index contributed by atoms with van der Waals surface area (Å²) >= 11 is 0. The number of benzene rings is 1. The number of hydrogen-bond acceptors (Lipinski definition) is 5. The van der Waals surface area contributed by atoms with E-state index in [-0.39, 0.29) is 11.4 Å². The van der Waals surface area contributed by atoms with Crippen molar-refractivity contribution in [2.24, 2.45) is 0 Å².